The molecule has 1 atom stereocenters. The van der Waals surface area contributed by atoms with Gasteiger partial charge in [0.2, 0.25) is 5.91 Å². The largest absolute Gasteiger partial charge is 0.354 e. The Morgan fingerprint density at radius 2 is 2.30 bits per heavy atom. The number of hydrogen-bond acceptors (Lipinski definition) is 2. The lowest BCUT2D eigenvalue weighted by molar-refractivity contribution is -0.121. The molecule has 1 aromatic carbocycles. The lowest BCUT2D eigenvalue weighted by atomic mass is 10.1. The highest BCUT2D eigenvalue weighted by molar-refractivity contribution is 6.00. The molecule has 0 bridgehead atoms. The van der Waals surface area contributed by atoms with Crippen LogP contribution in [0.4, 0.5) is 4.39 Å². The average molecular weight is 277 g/mol. The Bertz CT molecular complexity index is 530. The molecule has 4 nitrogen and oxygen atoms in total. The second-order valence-electron chi connectivity index (χ2n) is 5.20. The van der Waals surface area contributed by atoms with Crippen LogP contribution in [0.25, 0.3) is 0 Å². The predicted octanol–water partition coefficient (Wildman–Crippen LogP) is 2.27. The van der Waals surface area contributed by atoms with Crippen molar-refractivity contribution in [2.75, 3.05) is 6.54 Å². The minimum atomic E-state index is -0.329. The van der Waals surface area contributed by atoms with E-state index in [1.807, 2.05) is 13.8 Å². The van der Waals surface area contributed by atoms with Gasteiger partial charge in [0.15, 0.2) is 0 Å². The summed E-state index contributed by atoms with van der Waals surface area (Å²) < 4.78 is 13.2. The molecule has 0 saturated carbocycles. The molecule has 2 rings (SSSR count). The van der Waals surface area contributed by atoms with Gasteiger partial charge in [0.1, 0.15) is 11.7 Å². The number of nitrogens with zero attached hydrogens (tertiary/aromatic N) is 1. The van der Waals surface area contributed by atoms with Crippen LogP contribution in [0, 0.1) is 11.2 Å². The topological polar surface area (TPSA) is 56.2 Å². The fourth-order valence-electron chi connectivity index (χ4n) is 2.24. The monoisotopic (exact) mass is 277 g/mol. The molecule has 0 radical (unpaired) electrons. The van der Waals surface area contributed by atoms with E-state index in [1.165, 1.54) is 12.1 Å². The number of amidine groups is 1. The van der Waals surface area contributed by atoms with Gasteiger partial charge in [-0.2, -0.15) is 0 Å². The molecule has 0 aliphatic carbocycles. The van der Waals surface area contributed by atoms with Crippen molar-refractivity contribution in [2.24, 2.45) is 0 Å². The van der Waals surface area contributed by atoms with Crippen molar-refractivity contribution in [3.05, 3.63) is 35.1 Å². The molecular formula is C15H20FN3O. The minimum Gasteiger partial charge on any atom is -0.354 e. The molecule has 1 heterocycles. The molecule has 2 N–H and O–H groups in total. The Balaban J connectivity index is 1.91. The van der Waals surface area contributed by atoms with Gasteiger partial charge in [0.25, 0.3) is 0 Å². The van der Waals surface area contributed by atoms with Crippen LogP contribution in [-0.2, 0) is 11.3 Å². The molecule has 1 aliphatic rings. The minimum absolute atomic E-state index is 0.00529. The first-order valence-corrected chi connectivity index (χ1v) is 6.93. The van der Waals surface area contributed by atoms with Gasteiger partial charge >= 0.3 is 0 Å². The van der Waals surface area contributed by atoms with Crippen LogP contribution >= 0.6 is 0 Å². The van der Waals surface area contributed by atoms with Crippen molar-refractivity contribution in [3.63, 3.8) is 0 Å². The van der Waals surface area contributed by atoms with E-state index in [-0.39, 0.29) is 17.8 Å². The van der Waals surface area contributed by atoms with E-state index < -0.39 is 0 Å². The van der Waals surface area contributed by atoms with Crippen LogP contribution in [0.2, 0.25) is 0 Å². The number of fused-ring (bicyclic) bond motifs is 1. The van der Waals surface area contributed by atoms with Gasteiger partial charge in [0, 0.05) is 31.1 Å². The van der Waals surface area contributed by atoms with E-state index in [0.717, 1.165) is 12.0 Å². The number of nitrogens with one attached hydrogen (secondary N) is 2. The molecule has 0 spiro atoms. The summed E-state index contributed by atoms with van der Waals surface area (Å²) >= 11 is 0. The molecule has 1 aliphatic heterocycles. The Kier molecular flexibility index (Phi) is 4.37. The molecule has 1 aromatic rings. The number of benzene rings is 1. The number of hydrogen-bond donors (Lipinski definition) is 2. The first-order chi connectivity index (χ1) is 9.51. The summed E-state index contributed by atoms with van der Waals surface area (Å²) in [4.78, 5) is 13.5. The van der Waals surface area contributed by atoms with Crippen LogP contribution in [-0.4, -0.2) is 29.2 Å². The number of rotatable bonds is 5. The van der Waals surface area contributed by atoms with Gasteiger partial charge in [-0.1, -0.05) is 13.0 Å². The molecule has 20 heavy (non-hydrogen) atoms. The zero-order valence-corrected chi connectivity index (χ0v) is 11.9. The van der Waals surface area contributed by atoms with Crippen molar-refractivity contribution in [1.82, 2.24) is 10.2 Å². The van der Waals surface area contributed by atoms with Gasteiger partial charge in [-0.05, 0) is 31.0 Å². The maximum Gasteiger partial charge on any atom is 0.221 e. The SMILES string of the molecule is CCC(C)NC(=O)CCN1Cc2ccc(F)cc2C1=N. The average Bonchev–Trinajstić information content (AvgIpc) is 2.73. The Labute approximate surface area is 118 Å². The molecule has 0 aromatic heterocycles. The molecule has 1 unspecified atom stereocenters. The molecule has 108 valence electrons. The Morgan fingerprint density at radius 3 is 3.00 bits per heavy atom. The third kappa shape index (κ3) is 3.15. The van der Waals surface area contributed by atoms with E-state index >= 15 is 0 Å². The summed E-state index contributed by atoms with van der Waals surface area (Å²) in [5.74, 6) is -0.0324. The normalized spacial score (nSPS) is 15.2. The molecule has 0 saturated heterocycles. The summed E-state index contributed by atoms with van der Waals surface area (Å²) in [5, 5.41) is 10.9. The molecular weight excluding hydrogens is 257 g/mol. The van der Waals surface area contributed by atoms with Crippen LogP contribution < -0.4 is 5.32 Å². The standard InChI is InChI=1S/C15H20FN3O/c1-3-10(2)18-14(20)6-7-19-9-11-4-5-12(16)8-13(11)15(19)17/h4-5,8,10,17H,3,6-7,9H2,1-2H3,(H,18,20). The van der Waals surface area contributed by atoms with Crippen molar-refractivity contribution >= 4 is 11.7 Å². The Morgan fingerprint density at radius 1 is 1.55 bits per heavy atom. The third-order valence-electron chi connectivity index (χ3n) is 3.63. The summed E-state index contributed by atoms with van der Waals surface area (Å²) in [6, 6.07) is 4.67. The summed E-state index contributed by atoms with van der Waals surface area (Å²) in [7, 11) is 0. The lowest BCUT2D eigenvalue weighted by Crippen LogP contribution is -2.35. The van der Waals surface area contributed by atoms with Crippen molar-refractivity contribution in [2.45, 2.75) is 39.3 Å². The van der Waals surface area contributed by atoms with Crippen LogP contribution in [0.15, 0.2) is 18.2 Å². The lowest BCUT2D eigenvalue weighted by Gasteiger charge is -2.18. The van der Waals surface area contributed by atoms with Crippen molar-refractivity contribution in [1.29, 1.82) is 5.41 Å². The van der Waals surface area contributed by atoms with E-state index in [1.54, 1.807) is 11.0 Å². The predicted molar refractivity (Wildman–Crippen MR) is 76.2 cm³/mol. The number of halogens is 1. The maximum atomic E-state index is 13.2. The van der Waals surface area contributed by atoms with Crippen LogP contribution in [0.3, 0.4) is 0 Å². The van der Waals surface area contributed by atoms with E-state index in [4.69, 9.17) is 5.41 Å². The van der Waals surface area contributed by atoms with Crippen LogP contribution in [0.5, 0.6) is 0 Å². The molecule has 5 heteroatoms. The third-order valence-corrected chi connectivity index (χ3v) is 3.63. The Hall–Kier alpha value is -1.91. The van der Waals surface area contributed by atoms with E-state index in [2.05, 4.69) is 5.32 Å². The molecule has 1 amide bonds. The van der Waals surface area contributed by atoms with E-state index in [9.17, 15) is 9.18 Å². The smallest absolute Gasteiger partial charge is 0.221 e. The van der Waals surface area contributed by atoms with Crippen LogP contribution in [0.1, 0.15) is 37.8 Å². The summed E-state index contributed by atoms with van der Waals surface area (Å²) in [5.41, 5.74) is 1.58. The number of carbonyl (C=O) groups is 1. The second kappa shape index (κ2) is 6.03. The zero-order chi connectivity index (χ0) is 14.7. The summed E-state index contributed by atoms with van der Waals surface area (Å²) in [6.45, 7) is 5.04. The second-order valence-corrected chi connectivity index (χ2v) is 5.20. The highest BCUT2D eigenvalue weighted by Crippen LogP contribution is 2.23. The highest BCUT2D eigenvalue weighted by Gasteiger charge is 2.24. The van der Waals surface area contributed by atoms with E-state index in [0.29, 0.717) is 30.9 Å². The fraction of sp³-hybridized carbons (Fsp3) is 0.467. The number of amides is 1. The van der Waals surface area contributed by atoms with Gasteiger partial charge in [0.05, 0.1) is 0 Å². The maximum absolute atomic E-state index is 13.2. The quantitative estimate of drug-likeness (QED) is 0.867. The first kappa shape index (κ1) is 14.5. The van der Waals surface area contributed by atoms with Gasteiger partial charge in [-0.15, -0.1) is 0 Å². The number of carbonyl (C=O) groups excluding carboxylic acids is 1. The fourth-order valence-corrected chi connectivity index (χ4v) is 2.24. The highest BCUT2D eigenvalue weighted by atomic mass is 19.1. The zero-order valence-electron chi connectivity index (χ0n) is 11.9. The first-order valence-electron chi connectivity index (χ1n) is 6.93. The van der Waals surface area contributed by atoms with Gasteiger partial charge < -0.3 is 10.2 Å². The summed E-state index contributed by atoms with van der Waals surface area (Å²) in [6.07, 6.45) is 1.25. The van der Waals surface area contributed by atoms with Crippen molar-refractivity contribution in [3.8, 4) is 0 Å². The van der Waals surface area contributed by atoms with Gasteiger partial charge in [-0.25, -0.2) is 4.39 Å². The van der Waals surface area contributed by atoms with Gasteiger partial charge in [-0.3, -0.25) is 10.2 Å². The van der Waals surface area contributed by atoms with Crippen molar-refractivity contribution < 1.29 is 9.18 Å². The molecule has 0 fully saturated rings.